The third-order valence-electron chi connectivity index (χ3n) is 1.54. The summed E-state index contributed by atoms with van der Waals surface area (Å²) in [7, 11) is 0. The van der Waals surface area contributed by atoms with Crippen LogP contribution in [0.3, 0.4) is 0 Å². The first-order valence-electron chi connectivity index (χ1n) is 3.89. The molecule has 0 aliphatic heterocycles. The number of nitrogens with zero attached hydrogens (tertiary/aromatic N) is 2. The molecule has 1 rings (SSSR count). The molecule has 3 heteroatoms. The summed E-state index contributed by atoms with van der Waals surface area (Å²) >= 11 is 3.34. The van der Waals surface area contributed by atoms with Crippen molar-refractivity contribution in [3.8, 4) is 6.07 Å². The first-order valence-corrected chi connectivity index (χ1v) is 4.68. The lowest BCUT2D eigenvalue weighted by molar-refractivity contribution is 0.521. The minimum Gasteiger partial charge on any atom is -0.338 e. The van der Waals surface area contributed by atoms with Gasteiger partial charge in [-0.05, 0) is 27.9 Å². The van der Waals surface area contributed by atoms with Crippen LogP contribution in [-0.4, -0.2) is 4.57 Å². The predicted octanol–water partition coefficient (Wildman–Crippen LogP) is 2.78. The summed E-state index contributed by atoms with van der Waals surface area (Å²) in [6.07, 6.45) is 1.94. The van der Waals surface area contributed by atoms with Crippen LogP contribution in [0.4, 0.5) is 0 Å². The molecule has 0 saturated carbocycles. The molecule has 0 atom stereocenters. The predicted molar refractivity (Wildman–Crippen MR) is 51.7 cm³/mol. The first-order chi connectivity index (χ1) is 5.63. The topological polar surface area (TPSA) is 28.7 Å². The molecule has 12 heavy (non-hydrogen) atoms. The van der Waals surface area contributed by atoms with Crippen LogP contribution >= 0.6 is 15.9 Å². The highest BCUT2D eigenvalue weighted by Crippen LogP contribution is 2.15. The molecule has 0 radical (unpaired) electrons. The minimum atomic E-state index is 0.566. The van der Waals surface area contributed by atoms with E-state index in [0.29, 0.717) is 5.92 Å². The Morgan fingerprint density at radius 2 is 2.33 bits per heavy atom. The van der Waals surface area contributed by atoms with E-state index in [1.165, 1.54) is 0 Å². The van der Waals surface area contributed by atoms with E-state index in [1.54, 1.807) is 0 Å². The number of nitriles is 1. The van der Waals surface area contributed by atoms with Gasteiger partial charge in [0.2, 0.25) is 0 Å². The molecule has 0 aromatic carbocycles. The van der Waals surface area contributed by atoms with Gasteiger partial charge in [-0.25, -0.2) is 0 Å². The van der Waals surface area contributed by atoms with Crippen LogP contribution in [0, 0.1) is 17.2 Å². The fourth-order valence-electron chi connectivity index (χ4n) is 1.11. The number of hydrogen-bond donors (Lipinski definition) is 0. The highest BCUT2D eigenvalue weighted by atomic mass is 79.9. The highest BCUT2D eigenvalue weighted by molar-refractivity contribution is 9.10. The molecule has 0 spiro atoms. The van der Waals surface area contributed by atoms with Crippen molar-refractivity contribution in [3.63, 3.8) is 0 Å². The summed E-state index contributed by atoms with van der Waals surface area (Å²) in [6, 6.07) is 3.99. The molecule has 0 unspecified atom stereocenters. The van der Waals surface area contributed by atoms with Crippen molar-refractivity contribution in [1.82, 2.24) is 4.57 Å². The van der Waals surface area contributed by atoms with Gasteiger partial charge in [0.15, 0.2) is 0 Å². The van der Waals surface area contributed by atoms with Crippen molar-refractivity contribution in [3.05, 3.63) is 22.4 Å². The Bertz CT molecular complexity index is 307. The van der Waals surface area contributed by atoms with Crippen LogP contribution in [0.2, 0.25) is 0 Å². The molecule has 1 heterocycles. The third-order valence-corrected chi connectivity index (χ3v) is 1.97. The molecule has 2 nitrogen and oxygen atoms in total. The summed E-state index contributed by atoms with van der Waals surface area (Å²) in [5, 5.41) is 8.75. The molecule has 0 fully saturated rings. The standard InChI is InChI=1S/C9H11BrN2/c1-7(2)5-12-6-8(10)3-9(12)4-11/h3,6-7H,5H2,1-2H3. The summed E-state index contributed by atoms with van der Waals surface area (Å²) in [4.78, 5) is 0. The average molecular weight is 227 g/mol. The fraction of sp³-hybridized carbons (Fsp3) is 0.444. The van der Waals surface area contributed by atoms with Crippen LogP contribution in [0.25, 0.3) is 0 Å². The van der Waals surface area contributed by atoms with E-state index in [-0.39, 0.29) is 0 Å². The lowest BCUT2D eigenvalue weighted by Crippen LogP contribution is -2.04. The molecule has 1 aromatic heterocycles. The third kappa shape index (κ3) is 2.12. The van der Waals surface area contributed by atoms with Crippen LogP contribution in [0.1, 0.15) is 19.5 Å². The van der Waals surface area contributed by atoms with Crippen molar-refractivity contribution in [1.29, 1.82) is 5.26 Å². The average Bonchev–Trinajstić information content (AvgIpc) is 2.29. The first kappa shape index (κ1) is 9.34. The number of aromatic nitrogens is 1. The van der Waals surface area contributed by atoms with E-state index >= 15 is 0 Å². The van der Waals surface area contributed by atoms with Gasteiger partial charge in [0, 0.05) is 17.2 Å². The van der Waals surface area contributed by atoms with Gasteiger partial charge < -0.3 is 4.57 Å². The molecule has 0 saturated heterocycles. The van der Waals surface area contributed by atoms with E-state index in [2.05, 4.69) is 35.8 Å². The second-order valence-electron chi connectivity index (χ2n) is 3.20. The van der Waals surface area contributed by atoms with Gasteiger partial charge in [-0.3, -0.25) is 0 Å². The molecule has 0 bridgehead atoms. The van der Waals surface area contributed by atoms with Crippen molar-refractivity contribution in [2.45, 2.75) is 20.4 Å². The zero-order chi connectivity index (χ0) is 9.14. The van der Waals surface area contributed by atoms with Crippen LogP contribution in [-0.2, 0) is 6.54 Å². The molecule has 0 amide bonds. The summed E-state index contributed by atoms with van der Waals surface area (Å²) in [6.45, 7) is 5.17. The quantitative estimate of drug-likeness (QED) is 0.763. The van der Waals surface area contributed by atoms with Gasteiger partial charge in [0.05, 0.1) is 0 Å². The zero-order valence-electron chi connectivity index (χ0n) is 7.21. The second-order valence-corrected chi connectivity index (χ2v) is 4.12. The molecule has 0 N–H and O–H groups in total. The Labute approximate surface area is 80.9 Å². The van der Waals surface area contributed by atoms with Gasteiger partial charge in [-0.2, -0.15) is 5.26 Å². The van der Waals surface area contributed by atoms with E-state index in [9.17, 15) is 0 Å². The Morgan fingerprint density at radius 3 is 2.83 bits per heavy atom. The normalized spacial score (nSPS) is 10.2. The van der Waals surface area contributed by atoms with Gasteiger partial charge in [-0.15, -0.1) is 0 Å². The van der Waals surface area contributed by atoms with Crippen LogP contribution in [0.15, 0.2) is 16.7 Å². The highest BCUT2D eigenvalue weighted by Gasteiger charge is 2.04. The van der Waals surface area contributed by atoms with Gasteiger partial charge in [-0.1, -0.05) is 13.8 Å². The van der Waals surface area contributed by atoms with E-state index < -0.39 is 0 Å². The van der Waals surface area contributed by atoms with Gasteiger partial charge >= 0.3 is 0 Å². The smallest absolute Gasteiger partial charge is 0.121 e. The van der Waals surface area contributed by atoms with Crippen molar-refractivity contribution in [2.75, 3.05) is 0 Å². The van der Waals surface area contributed by atoms with Gasteiger partial charge in [0.1, 0.15) is 11.8 Å². The summed E-state index contributed by atoms with van der Waals surface area (Å²) in [5.41, 5.74) is 0.718. The number of rotatable bonds is 2. The van der Waals surface area contributed by atoms with E-state index in [4.69, 9.17) is 5.26 Å². The van der Waals surface area contributed by atoms with Crippen LogP contribution < -0.4 is 0 Å². The van der Waals surface area contributed by atoms with Crippen molar-refractivity contribution < 1.29 is 0 Å². The lowest BCUT2D eigenvalue weighted by Gasteiger charge is -2.06. The monoisotopic (exact) mass is 226 g/mol. The second kappa shape index (κ2) is 3.77. The largest absolute Gasteiger partial charge is 0.338 e. The summed E-state index contributed by atoms with van der Waals surface area (Å²) in [5.74, 6) is 0.566. The maximum Gasteiger partial charge on any atom is 0.121 e. The Balaban J connectivity index is 2.91. The van der Waals surface area contributed by atoms with Crippen LogP contribution in [0.5, 0.6) is 0 Å². The molecular weight excluding hydrogens is 216 g/mol. The molecule has 64 valence electrons. The number of halogens is 1. The molecular formula is C9H11BrN2. The Kier molecular flexibility index (Phi) is 2.93. The van der Waals surface area contributed by atoms with E-state index in [0.717, 1.165) is 16.7 Å². The summed E-state index contributed by atoms with van der Waals surface area (Å²) < 4.78 is 2.94. The van der Waals surface area contributed by atoms with Gasteiger partial charge in [0.25, 0.3) is 0 Å². The molecule has 0 aliphatic rings. The minimum absolute atomic E-state index is 0.566. The SMILES string of the molecule is CC(C)Cn1cc(Br)cc1C#N. The molecule has 1 aromatic rings. The van der Waals surface area contributed by atoms with Crippen molar-refractivity contribution in [2.24, 2.45) is 5.92 Å². The number of hydrogen-bond acceptors (Lipinski definition) is 1. The Morgan fingerprint density at radius 1 is 1.67 bits per heavy atom. The maximum atomic E-state index is 8.75. The molecule has 0 aliphatic carbocycles. The lowest BCUT2D eigenvalue weighted by atomic mass is 10.2. The Hall–Kier alpha value is -0.750. The van der Waals surface area contributed by atoms with E-state index in [1.807, 2.05) is 16.8 Å². The maximum absolute atomic E-state index is 8.75. The fourth-order valence-corrected chi connectivity index (χ4v) is 1.57. The van der Waals surface area contributed by atoms with Crippen molar-refractivity contribution >= 4 is 15.9 Å². The zero-order valence-corrected chi connectivity index (χ0v) is 8.80.